The fourth-order valence-corrected chi connectivity index (χ4v) is 0.516. The second kappa shape index (κ2) is 4.67. The second-order valence-electron chi connectivity index (χ2n) is 1.36. The van der Waals surface area contributed by atoms with Gasteiger partial charge in [-0.1, -0.05) is 0 Å². The summed E-state index contributed by atoms with van der Waals surface area (Å²) in [6, 6.07) is 0. The summed E-state index contributed by atoms with van der Waals surface area (Å²) in [7, 11) is 0. The number of rotatable bonds is 0. The van der Waals surface area contributed by atoms with Crippen LogP contribution < -0.4 is 24.2 Å². The van der Waals surface area contributed by atoms with Crippen molar-refractivity contribution in [2.24, 2.45) is 0 Å². The topological polar surface area (TPSA) is 21.3 Å². The van der Waals surface area contributed by atoms with Crippen molar-refractivity contribution in [2.75, 3.05) is 26.3 Å². The molecule has 0 radical (unpaired) electrons. The Morgan fingerprint density at radius 2 is 1.86 bits per heavy atom. The van der Waals surface area contributed by atoms with Crippen LogP contribution in [0.15, 0.2) is 0 Å². The average Bonchev–Trinajstić information content (AvgIpc) is 1.72. The summed E-state index contributed by atoms with van der Waals surface area (Å²) in [5, 5.41) is 3.16. The Labute approximate surface area is 57.3 Å². The third-order valence-corrected chi connectivity index (χ3v) is 0.846. The van der Waals surface area contributed by atoms with Crippen LogP contribution in [0.3, 0.4) is 0 Å². The van der Waals surface area contributed by atoms with Gasteiger partial charge < -0.3 is 11.5 Å². The van der Waals surface area contributed by atoms with Gasteiger partial charge in [-0.2, -0.15) is 0 Å². The van der Waals surface area contributed by atoms with E-state index in [4.69, 9.17) is 4.74 Å². The maximum atomic E-state index is 5.01. The van der Waals surface area contributed by atoms with E-state index >= 15 is 0 Å². The molecule has 0 amide bonds. The molecule has 0 aromatic rings. The zero-order chi connectivity index (χ0) is 4.24. The standard InChI is InChI=1S/C4H9NO.Li.H/c1-3-6-4-2-5-1;;/h5H,1-4H2;;/q;+1;-1. The molecule has 2 nitrogen and oxygen atoms in total. The maximum Gasteiger partial charge on any atom is 1.00 e. The van der Waals surface area contributed by atoms with Crippen LogP contribution in [-0.2, 0) is 4.74 Å². The SMILES string of the molecule is C1COCCN1.[H-].[Li+]. The van der Waals surface area contributed by atoms with E-state index in [1.165, 1.54) is 0 Å². The van der Waals surface area contributed by atoms with Crippen LogP contribution in [0, 0.1) is 0 Å². The third kappa shape index (κ3) is 3.13. The van der Waals surface area contributed by atoms with E-state index in [0.717, 1.165) is 26.3 Å². The minimum Gasteiger partial charge on any atom is -1.00 e. The maximum absolute atomic E-state index is 5.01. The van der Waals surface area contributed by atoms with Crippen LogP contribution in [0.4, 0.5) is 0 Å². The van der Waals surface area contributed by atoms with Crippen molar-refractivity contribution in [3.63, 3.8) is 0 Å². The predicted molar refractivity (Wildman–Crippen MR) is 24.8 cm³/mol. The second-order valence-corrected chi connectivity index (χ2v) is 1.36. The molecular weight excluding hydrogens is 85.0 g/mol. The first-order valence-corrected chi connectivity index (χ1v) is 2.28. The van der Waals surface area contributed by atoms with Gasteiger partial charge in [0.15, 0.2) is 0 Å². The van der Waals surface area contributed by atoms with E-state index in [9.17, 15) is 0 Å². The molecule has 1 saturated heterocycles. The summed E-state index contributed by atoms with van der Waals surface area (Å²) in [6.07, 6.45) is 0. The Morgan fingerprint density at radius 1 is 1.29 bits per heavy atom. The Balaban J connectivity index is 0. The molecule has 0 bridgehead atoms. The quantitative estimate of drug-likeness (QED) is 0.319. The first kappa shape index (κ1) is 7.52. The zero-order valence-corrected chi connectivity index (χ0v) is 4.74. The van der Waals surface area contributed by atoms with Crippen LogP contribution in [-0.4, -0.2) is 26.3 Å². The summed E-state index contributed by atoms with van der Waals surface area (Å²) in [5.74, 6) is 0. The van der Waals surface area contributed by atoms with Gasteiger partial charge >= 0.3 is 18.9 Å². The van der Waals surface area contributed by atoms with Gasteiger partial charge in [0.2, 0.25) is 0 Å². The zero-order valence-electron chi connectivity index (χ0n) is 5.74. The fourth-order valence-electron chi connectivity index (χ4n) is 0.516. The first-order chi connectivity index (χ1) is 3.00. The number of hydrogen-bond donors (Lipinski definition) is 1. The largest absolute Gasteiger partial charge is 1.00 e. The molecule has 0 aromatic heterocycles. The van der Waals surface area contributed by atoms with Gasteiger partial charge in [0.05, 0.1) is 13.2 Å². The summed E-state index contributed by atoms with van der Waals surface area (Å²) in [5.41, 5.74) is 0. The van der Waals surface area contributed by atoms with E-state index in [1.54, 1.807) is 0 Å². The Hall–Kier alpha value is 0.517. The molecule has 3 heteroatoms. The molecule has 1 fully saturated rings. The monoisotopic (exact) mass is 95.1 g/mol. The first-order valence-electron chi connectivity index (χ1n) is 2.28. The normalized spacial score (nSPS) is 20.6. The van der Waals surface area contributed by atoms with Crippen molar-refractivity contribution in [1.82, 2.24) is 5.32 Å². The van der Waals surface area contributed by atoms with Crippen molar-refractivity contribution < 1.29 is 25.0 Å². The summed E-state index contributed by atoms with van der Waals surface area (Å²) >= 11 is 0. The fraction of sp³-hybridized carbons (Fsp3) is 1.00. The minimum atomic E-state index is 0. The van der Waals surface area contributed by atoms with E-state index in [1.807, 2.05) is 0 Å². The summed E-state index contributed by atoms with van der Waals surface area (Å²) < 4.78 is 5.01. The van der Waals surface area contributed by atoms with Gasteiger partial charge in [-0.25, -0.2) is 0 Å². The van der Waals surface area contributed by atoms with Crippen LogP contribution in [0.5, 0.6) is 0 Å². The van der Waals surface area contributed by atoms with Gasteiger partial charge in [0.1, 0.15) is 0 Å². The minimum absolute atomic E-state index is 0. The van der Waals surface area contributed by atoms with Crippen LogP contribution in [0.2, 0.25) is 0 Å². The molecule has 1 N–H and O–H groups in total. The Bertz CT molecular complexity index is 31.5. The van der Waals surface area contributed by atoms with Crippen molar-refractivity contribution >= 4 is 0 Å². The molecule has 1 aliphatic heterocycles. The van der Waals surface area contributed by atoms with Gasteiger partial charge in [-0.05, 0) is 0 Å². The van der Waals surface area contributed by atoms with Crippen molar-refractivity contribution in [3.8, 4) is 0 Å². The summed E-state index contributed by atoms with van der Waals surface area (Å²) in [6.45, 7) is 3.83. The van der Waals surface area contributed by atoms with Crippen molar-refractivity contribution in [2.45, 2.75) is 0 Å². The molecule has 0 atom stereocenters. The molecule has 0 aromatic carbocycles. The van der Waals surface area contributed by atoms with Gasteiger partial charge in [0, 0.05) is 13.1 Å². The molecule has 1 heterocycles. The van der Waals surface area contributed by atoms with Gasteiger partial charge in [-0.3, -0.25) is 0 Å². The van der Waals surface area contributed by atoms with Crippen molar-refractivity contribution in [1.29, 1.82) is 0 Å². The number of morpholine rings is 1. The third-order valence-electron chi connectivity index (χ3n) is 0.846. The molecule has 0 saturated carbocycles. The van der Waals surface area contributed by atoms with E-state index in [-0.39, 0.29) is 20.3 Å². The summed E-state index contributed by atoms with van der Waals surface area (Å²) in [4.78, 5) is 0. The molecule has 7 heavy (non-hydrogen) atoms. The van der Waals surface area contributed by atoms with E-state index in [2.05, 4.69) is 5.32 Å². The smallest absolute Gasteiger partial charge is 1.00 e. The Morgan fingerprint density at radius 3 is 2.00 bits per heavy atom. The van der Waals surface area contributed by atoms with Crippen LogP contribution in [0.1, 0.15) is 1.43 Å². The van der Waals surface area contributed by atoms with Crippen molar-refractivity contribution in [3.05, 3.63) is 0 Å². The molecule has 1 rings (SSSR count). The number of nitrogens with one attached hydrogen (secondary N) is 1. The van der Waals surface area contributed by atoms with Gasteiger partial charge in [0.25, 0.3) is 0 Å². The van der Waals surface area contributed by atoms with Crippen LogP contribution in [0.25, 0.3) is 0 Å². The Kier molecular flexibility index (Phi) is 5.02. The number of ether oxygens (including phenoxy) is 1. The van der Waals surface area contributed by atoms with E-state index in [0.29, 0.717) is 0 Å². The average molecular weight is 95.1 g/mol. The molecule has 1 aliphatic rings. The van der Waals surface area contributed by atoms with Gasteiger partial charge in [-0.15, -0.1) is 0 Å². The molecular formula is C4H10LiNO. The predicted octanol–water partition coefficient (Wildman–Crippen LogP) is -3.28. The molecule has 0 spiro atoms. The van der Waals surface area contributed by atoms with E-state index < -0.39 is 0 Å². The van der Waals surface area contributed by atoms with Crippen LogP contribution >= 0.6 is 0 Å². The molecule has 0 aliphatic carbocycles. The molecule has 0 unspecified atom stereocenters. The number of hydrogen-bond acceptors (Lipinski definition) is 2. The molecule has 38 valence electrons.